The van der Waals surface area contributed by atoms with Crippen LogP contribution in [0.2, 0.25) is 5.15 Å². The van der Waals surface area contributed by atoms with Crippen molar-refractivity contribution in [3.8, 4) is 0 Å². The van der Waals surface area contributed by atoms with Crippen LogP contribution in [0.4, 0.5) is 0 Å². The molecule has 0 bridgehead atoms. The molecule has 1 aromatic carbocycles. The van der Waals surface area contributed by atoms with Gasteiger partial charge in [0.15, 0.2) is 0 Å². The number of hydrogen-bond acceptors (Lipinski definition) is 4. The Morgan fingerprint density at radius 3 is 2.67 bits per heavy atom. The Morgan fingerprint density at radius 1 is 1.33 bits per heavy atom. The highest BCUT2D eigenvalue weighted by molar-refractivity contribution is 6.31. The van der Waals surface area contributed by atoms with Crippen LogP contribution in [0, 0.1) is 6.92 Å². The Bertz CT molecular complexity index is 754. The second kappa shape index (κ2) is 8.31. The van der Waals surface area contributed by atoms with Crippen LogP contribution in [0.25, 0.3) is 6.08 Å². The summed E-state index contributed by atoms with van der Waals surface area (Å²) in [5.41, 5.74) is 2.27. The van der Waals surface area contributed by atoms with Gasteiger partial charge in [-0.15, -0.1) is 0 Å². The quantitative estimate of drug-likeness (QED) is 0.642. The van der Waals surface area contributed by atoms with Crippen molar-refractivity contribution in [1.29, 1.82) is 0 Å². The molecule has 7 heteroatoms. The second-order valence-corrected chi connectivity index (χ2v) is 5.47. The number of nitrogens with one attached hydrogen (secondary N) is 1. The summed E-state index contributed by atoms with van der Waals surface area (Å²) >= 11 is 6.07. The predicted molar refractivity (Wildman–Crippen MR) is 91.2 cm³/mol. The van der Waals surface area contributed by atoms with Crippen LogP contribution in [-0.4, -0.2) is 28.2 Å². The van der Waals surface area contributed by atoms with Crippen molar-refractivity contribution >= 4 is 29.6 Å². The first-order chi connectivity index (χ1) is 11.5. The summed E-state index contributed by atoms with van der Waals surface area (Å²) in [7, 11) is 1.72. The lowest BCUT2D eigenvalue weighted by Gasteiger charge is -2.05. The predicted octanol–water partition coefficient (Wildman–Crippen LogP) is 2.25. The van der Waals surface area contributed by atoms with Crippen molar-refractivity contribution in [3.63, 3.8) is 0 Å². The van der Waals surface area contributed by atoms with E-state index < -0.39 is 11.9 Å². The Kier molecular flexibility index (Phi) is 6.14. The van der Waals surface area contributed by atoms with Crippen molar-refractivity contribution in [2.75, 3.05) is 6.54 Å². The van der Waals surface area contributed by atoms with Gasteiger partial charge in [0.05, 0.1) is 5.69 Å². The van der Waals surface area contributed by atoms with E-state index in [1.807, 2.05) is 30.3 Å². The zero-order valence-corrected chi connectivity index (χ0v) is 14.2. The molecule has 1 amide bonds. The summed E-state index contributed by atoms with van der Waals surface area (Å²) in [5.74, 6) is -0.915. The highest BCUT2D eigenvalue weighted by Crippen LogP contribution is 2.19. The van der Waals surface area contributed by atoms with E-state index in [9.17, 15) is 9.59 Å². The fourth-order valence-electron chi connectivity index (χ4n) is 2.00. The van der Waals surface area contributed by atoms with E-state index in [1.165, 1.54) is 10.8 Å². The number of rotatable bonds is 6. The Hall–Kier alpha value is -2.60. The molecule has 0 saturated heterocycles. The monoisotopic (exact) mass is 347 g/mol. The molecule has 0 radical (unpaired) electrons. The Morgan fingerprint density at radius 2 is 2.04 bits per heavy atom. The van der Waals surface area contributed by atoms with Gasteiger partial charge in [0, 0.05) is 18.7 Å². The number of benzene rings is 1. The van der Waals surface area contributed by atoms with Gasteiger partial charge in [-0.05, 0) is 18.6 Å². The first-order valence-electron chi connectivity index (χ1n) is 7.32. The molecule has 1 aromatic heterocycles. The van der Waals surface area contributed by atoms with Gasteiger partial charge >= 0.3 is 5.97 Å². The maximum atomic E-state index is 11.7. The van der Waals surface area contributed by atoms with Crippen LogP contribution >= 0.6 is 11.6 Å². The van der Waals surface area contributed by atoms with Gasteiger partial charge in [0.1, 0.15) is 18.3 Å². The Labute approximate surface area is 145 Å². The van der Waals surface area contributed by atoms with Gasteiger partial charge in [-0.2, -0.15) is 5.10 Å². The van der Waals surface area contributed by atoms with Gasteiger partial charge in [-0.25, -0.2) is 0 Å². The van der Waals surface area contributed by atoms with Gasteiger partial charge in [-0.1, -0.05) is 41.9 Å². The second-order valence-electron chi connectivity index (χ2n) is 5.11. The topological polar surface area (TPSA) is 73.2 Å². The van der Waals surface area contributed by atoms with Crippen LogP contribution in [0.5, 0.6) is 0 Å². The van der Waals surface area contributed by atoms with Crippen molar-refractivity contribution in [3.05, 3.63) is 58.4 Å². The molecule has 2 aromatic rings. The van der Waals surface area contributed by atoms with Crippen molar-refractivity contribution < 1.29 is 14.3 Å². The molecule has 126 valence electrons. The van der Waals surface area contributed by atoms with E-state index in [2.05, 4.69) is 10.4 Å². The molecule has 2 rings (SSSR count). The average molecular weight is 348 g/mol. The van der Waals surface area contributed by atoms with E-state index in [0.29, 0.717) is 16.4 Å². The number of carbonyl (C=O) groups excluding carboxylic acids is 2. The molecular formula is C17H18ClN3O3. The zero-order valence-electron chi connectivity index (χ0n) is 13.5. The smallest absolute Gasteiger partial charge is 0.325 e. The highest BCUT2D eigenvalue weighted by Gasteiger charge is 2.09. The van der Waals surface area contributed by atoms with Gasteiger partial charge in [0.2, 0.25) is 5.91 Å². The summed E-state index contributed by atoms with van der Waals surface area (Å²) in [4.78, 5) is 23.4. The SMILES string of the molecule is Cc1nn(C)c(Cl)c1/C=C\C(=O)NCC(=O)OCc1ccccc1. The van der Waals surface area contributed by atoms with E-state index in [1.54, 1.807) is 20.0 Å². The van der Waals surface area contributed by atoms with Crippen molar-refractivity contribution in [2.45, 2.75) is 13.5 Å². The fourth-order valence-corrected chi connectivity index (χ4v) is 2.24. The van der Waals surface area contributed by atoms with E-state index in [-0.39, 0.29) is 13.2 Å². The summed E-state index contributed by atoms with van der Waals surface area (Å²) in [6.45, 7) is 1.77. The summed E-state index contributed by atoms with van der Waals surface area (Å²) in [6.07, 6.45) is 2.87. The number of halogens is 1. The molecule has 0 saturated carbocycles. The number of esters is 1. The van der Waals surface area contributed by atoms with Crippen LogP contribution in [0.3, 0.4) is 0 Å². The van der Waals surface area contributed by atoms with Crippen LogP contribution in [-0.2, 0) is 28.0 Å². The first kappa shape index (κ1) is 17.7. The van der Waals surface area contributed by atoms with Gasteiger partial charge < -0.3 is 10.1 Å². The number of carbonyl (C=O) groups is 2. The summed E-state index contributed by atoms with van der Waals surface area (Å²) in [5, 5.41) is 7.05. The summed E-state index contributed by atoms with van der Waals surface area (Å²) < 4.78 is 6.59. The lowest BCUT2D eigenvalue weighted by Crippen LogP contribution is -2.29. The number of amides is 1. The number of nitrogens with zero attached hydrogens (tertiary/aromatic N) is 2. The van der Waals surface area contributed by atoms with E-state index >= 15 is 0 Å². The fraction of sp³-hybridized carbons (Fsp3) is 0.235. The molecule has 0 aliphatic rings. The third kappa shape index (κ3) is 4.96. The molecule has 24 heavy (non-hydrogen) atoms. The molecule has 0 unspecified atom stereocenters. The third-order valence-electron chi connectivity index (χ3n) is 3.25. The van der Waals surface area contributed by atoms with Gasteiger partial charge in [-0.3, -0.25) is 14.3 Å². The molecule has 0 atom stereocenters. The van der Waals surface area contributed by atoms with Crippen LogP contribution < -0.4 is 5.32 Å². The van der Waals surface area contributed by atoms with Crippen molar-refractivity contribution in [1.82, 2.24) is 15.1 Å². The molecule has 0 spiro atoms. The Balaban J connectivity index is 1.78. The summed E-state index contributed by atoms with van der Waals surface area (Å²) in [6, 6.07) is 9.32. The van der Waals surface area contributed by atoms with Gasteiger partial charge in [0.25, 0.3) is 0 Å². The third-order valence-corrected chi connectivity index (χ3v) is 3.70. The van der Waals surface area contributed by atoms with Crippen molar-refractivity contribution in [2.24, 2.45) is 7.05 Å². The number of aromatic nitrogens is 2. The van der Waals surface area contributed by atoms with E-state index in [0.717, 1.165) is 5.56 Å². The van der Waals surface area contributed by atoms with Crippen LogP contribution in [0.15, 0.2) is 36.4 Å². The minimum Gasteiger partial charge on any atom is -0.460 e. The number of ether oxygens (including phenoxy) is 1. The normalized spacial score (nSPS) is 10.8. The lowest BCUT2D eigenvalue weighted by atomic mass is 10.2. The maximum absolute atomic E-state index is 11.7. The standard InChI is InChI=1S/C17H18ClN3O3/c1-12-14(17(18)21(2)20-12)8-9-15(22)19-10-16(23)24-11-13-6-4-3-5-7-13/h3-9H,10-11H2,1-2H3,(H,19,22)/b9-8-. The molecule has 0 aliphatic heterocycles. The zero-order chi connectivity index (χ0) is 17.5. The minimum absolute atomic E-state index is 0.176. The minimum atomic E-state index is -0.504. The van der Waals surface area contributed by atoms with Crippen LogP contribution in [0.1, 0.15) is 16.8 Å². The molecule has 1 N–H and O–H groups in total. The van der Waals surface area contributed by atoms with E-state index in [4.69, 9.17) is 16.3 Å². The molecule has 0 fully saturated rings. The molecule has 1 heterocycles. The first-order valence-corrected chi connectivity index (χ1v) is 7.69. The molecular weight excluding hydrogens is 330 g/mol. The lowest BCUT2D eigenvalue weighted by molar-refractivity contribution is -0.144. The number of aryl methyl sites for hydroxylation is 2. The largest absolute Gasteiger partial charge is 0.460 e. The molecule has 0 aliphatic carbocycles. The molecule has 6 nitrogen and oxygen atoms in total. The highest BCUT2D eigenvalue weighted by atomic mass is 35.5. The maximum Gasteiger partial charge on any atom is 0.325 e. The number of hydrogen-bond donors (Lipinski definition) is 1. The average Bonchev–Trinajstić information content (AvgIpc) is 2.82.